The Hall–Kier alpha value is -2.99. The van der Waals surface area contributed by atoms with E-state index in [2.05, 4.69) is 5.16 Å². The molecule has 1 aliphatic rings. The van der Waals surface area contributed by atoms with E-state index < -0.39 is 0 Å². The summed E-state index contributed by atoms with van der Waals surface area (Å²) in [6.45, 7) is 0.861. The molecule has 0 saturated carbocycles. The lowest BCUT2D eigenvalue weighted by molar-refractivity contribution is 0.0408. The van der Waals surface area contributed by atoms with E-state index in [1.54, 1.807) is 23.1 Å². The van der Waals surface area contributed by atoms with Crippen molar-refractivity contribution in [3.63, 3.8) is 0 Å². The summed E-state index contributed by atoms with van der Waals surface area (Å²) >= 11 is 1.42. The summed E-state index contributed by atoms with van der Waals surface area (Å²) in [5.74, 6) is -0.358. The standard InChI is InChI=1S/C22H19FN2O2S/c23-19-10-5-4-9-18(19)20-13-17(27-24-20)15-25(14-16-7-2-1-3-8-16)22(26)21-11-6-12-28-21/h1-12,17H,13-15H2/t17-/m1/s1. The van der Waals surface area contributed by atoms with E-state index in [0.717, 1.165) is 5.56 Å². The predicted molar refractivity (Wildman–Crippen MR) is 108 cm³/mol. The van der Waals surface area contributed by atoms with Gasteiger partial charge in [-0.2, -0.15) is 0 Å². The van der Waals surface area contributed by atoms with Crippen LogP contribution in [0.15, 0.2) is 77.3 Å². The minimum atomic E-state index is -0.318. The van der Waals surface area contributed by atoms with E-state index in [1.165, 1.54) is 17.4 Å². The molecule has 0 spiro atoms. The molecule has 0 radical (unpaired) electrons. The summed E-state index contributed by atoms with van der Waals surface area (Å²) in [4.78, 5) is 21.0. The van der Waals surface area contributed by atoms with Gasteiger partial charge in [-0.25, -0.2) is 4.39 Å². The number of benzene rings is 2. The smallest absolute Gasteiger partial charge is 0.264 e. The molecule has 1 aromatic heterocycles. The fraction of sp³-hybridized carbons (Fsp3) is 0.182. The van der Waals surface area contributed by atoms with Gasteiger partial charge in [0, 0.05) is 18.5 Å². The number of carbonyl (C=O) groups excluding carboxylic acids is 1. The second kappa shape index (κ2) is 8.35. The van der Waals surface area contributed by atoms with Crippen molar-refractivity contribution in [2.75, 3.05) is 6.54 Å². The molecule has 28 heavy (non-hydrogen) atoms. The van der Waals surface area contributed by atoms with E-state index in [4.69, 9.17) is 4.84 Å². The van der Waals surface area contributed by atoms with Crippen LogP contribution in [0.1, 0.15) is 27.2 Å². The number of amides is 1. The lowest BCUT2D eigenvalue weighted by Crippen LogP contribution is -2.37. The van der Waals surface area contributed by atoms with Crippen LogP contribution in [0.25, 0.3) is 0 Å². The highest BCUT2D eigenvalue weighted by atomic mass is 32.1. The molecule has 0 bridgehead atoms. The van der Waals surface area contributed by atoms with Crippen LogP contribution in [0.4, 0.5) is 4.39 Å². The monoisotopic (exact) mass is 394 g/mol. The zero-order chi connectivity index (χ0) is 19.3. The Morgan fingerprint density at radius 3 is 2.64 bits per heavy atom. The fourth-order valence-electron chi connectivity index (χ4n) is 3.21. The third kappa shape index (κ3) is 4.12. The number of halogens is 1. The van der Waals surface area contributed by atoms with E-state index in [9.17, 15) is 9.18 Å². The summed E-state index contributed by atoms with van der Waals surface area (Å²) in [6.07, 6.45) is 0.159. The van der Waals surface area contributed by atoms with Gasteiger partial charge in [0.2, 0.25) is 0 Å². The summed E-state index contributed by atoms with van der Waals surface area (Å²) in [5, 5.41) is 5.96. The molecule has 0 fully saturated rings. The van der Waals surface area contributed by atoms with Crippen LogP contribution < -0.4 is 0 Å². The number of hydrogen-bond donors (Lipinski definition) is 0. The molecular weight excluding hydrogens is 375 g/mol. The molecule has 1 aliphatic heterocycles. The van der Waals surface area contributed by atoms with Gasteiger partial charge in [-0.15, -0.1) is 11.3 Å². The van der Waals surface area contributed by atoms with Crippen LogP contribution in [-0.2, 0) is 11.4 Å². The van der Waals surface area contributed by atoms with E-state index in [0.29, 0.717) is 35.7 Å². The zero-order valence-corrected chi connectivity index (χ0v) is 15.9. The van der Waals surface area contributed by atoms with Crippen LogP contribution in [0.2, 0.25) is 0 Å². The third-order valence-electron chi connectivity index (χ3n) is 4.58. The number of carbonyl (C=O) groups is 1. The second-order valence-electron chi connectivity index (χ2n) is 6.60. The number of thiophene rings is 1. The minimum Gasteiger partial charge on any atom is -0.390 e. The Balaban J connectivity index is 1.49. The highest BCUT2D eigenvalue weighted by Crippen LogP contribution is 2.22. The van der Waals surface area contributed by atoms with Crippen LogP contribution in [0.5, 0.6) is 0 Å². The molecule has 4 rings (SSSR count). The maximum absolute atomic E-state index is 14.0. The third-order valence-corrected chi connectivity index (χ3v) is 5.44. The summed E-state index contributed by atoms with van der Waals surface area (Å²) in [5.41, 5.74) is 2.07. The molecule has 0 unspecified atom stereocenters. The highest BCUT2D eigenvalue weighted by molar-refractivity contribution is 7.12. The van der Waals surface area contributed by atoms with Crippen LogP contribution in [0, 0.1) is 5.82 Å². The molecule has 6 heteroatoms. The summed E-state index contributed by atoms with van der Waals surface area (Å²) in [7, 11) is 0. The van der Waals surface area contributed by atoms with Gasteiger partial charge in [-0.1, -0.05) is 59.8 Å². The maximum atomic E-state index is 14.0. The normalized spacial score (nSPS) is 15.8. The lowest BCUT2D eigenvalue weighted by atomic mass is 10.0. The molecule has 2 heterocycles. The number of nitrogens with zero attached hydrogens (tertiary/aromatic N) is 2. The number of hydrogen-bond acceptors (Lipinski definition) is 4. The molecule has 0 saturated heterocycles. The molecule has 3 aromatic rings. The minimum absolute atomic E-state index is 0.0400. The van der Waals surface area contributed by atoms with E-state index in [-0.39, 0.29) is 17.8 Å². The van der Waals surface area contributed by atoms with Crippen molar-refractivity contribution in [3.05, 3.63) is 93.9 Å². The average molecular weight is 394 g/mol. The lowest BCUT2D eigenvalue weighted by Gasteiger charge is -2.24. The average Bonchev–Trinajstić information content (AvgIpc) is 3.40. The van der Waals surface area contributed by atoms with Gasteiger partial charge < -0.3 is 9.74 Å². The Morgan fingerprint density at radius 1 is 1.11 bits per heavy atom. The van der Waals surface area contributed by atoms with E-state index >= 15 is 0 Å². The Labute approximate surface area is 166 Å². The van der Waals surface area contributed by atoms with Crippen molar-refractivity contribution in [2.24, 2.45) is 5.16 Å². The van der Waals surface area contributed by atoms with Crippen molar-refractivity contribution in [1.82, 2.24) is 4.90 Å². The van der Waals surface area contributed by atoms with Gasteiger partial charge >= 0.3 is 0 Å². The Bertz CT molecular complexity index is 973. The first-order valence-corrected chi connectivity index (χ1v) is 9.93. The van der Waals surface area contributed by atoms with Crippen molar-refractivity contribution >= 4 is 23.0 Å². The molecule has 1 amide bonds. The first-order chi connectivity index (χ1) is 13.7. The van der Waals surface area contributed by atoms with Gasteiger partial charge in [-0.3, -0.25) is 4.79 Å². The molecule has 2 aromatic carbocycles. The maximum Gasteiger partial charge on any atom is 0.264 e. The fourth-order valence-corrected chi connectivity index (χ4v) is 3.90. The van der Waals surface area contributed by atoms with Crippen LogP contribution in [0.3, 0.4) is 0 Å². The van der Waals surface area contributed by atoms with Crippen LogP contribution in [-0.4, -0.2) is 29.2 Å². The van der Waals surface area contributed by atoms with E-state index in [1.807, 2.05) is 47.8 Å². The number of rotatable bonds is 6. The summed E-state index contributed by atoms with van der Waals surface area (Å²) in [6, 6.07) is 20.0. The molecule has 1 atom stereocenters. The van der Waals surface area contributed by atoms with Crippen molar-refractivity contribution in [3.8, 4) is 0 Å². The van der Waals surface area contributed by atoms with Crippen molar-refractivity contribution in [2.45, 2.75) is 19.1 Å². The SMILES string of the molecule is O=C(c1cccs1)N(Cc1ccccc1)C[C@H]1CC(c2ccccc2F)=NO1. The van der Waals surface area contributed by atoms with Gasteiger partial charge in [0.1, 0.15) is 5.82 Å². The molecule has 0 aliphatic carbocycles. The summed E-state index contributed by atoms with van der Waals surface area (Å²) < 4.78 is 14.0. The molecule has 142 valence electrons. The topological polar surface area (TPSA) is 41.9 Å². The largest absolute Gasteiger partial charge is 0.390 e. The predicted octanol–water partition coefficient (Wildman–Crippen LogP) is 4.72. The Morgan fingerprint density at radius 2 is 1.89 bits per heavy atom. The van der Waals surface area contributed by atoms with Crippen molar-refractivity contribution < 1.29 is 14.0 Å². The quantitative estimate of drug-likeness (QED) is 0.607. The first kappa shape index (κ1) is 18.4. The van der Waals surface area contributed by atoms with Gasteiger partial charge in [0.25, 0.3) is 5.91 Å². The van der Waals surface area contributed by atoms with Gasteiger partial charge in [0.15, 0.2) is 6.10 Å². The van der Waals surface area contributed by atoms with Crippen LogP contribution >= 0.6 is 11.3 Å². The highest BCUT2D eigenvalue weighted by Gasteiger charge is 2.28. The Kier molecular flexibility index (Phi) is 5.48. The van der Waals surface area contributed by atoms with Crippen molar-refractivity contribution in [1.29, 1.82) is 0 Å². The molecular formula is C22H19FN2O2S. The zero-order valence-electron chi connectivity index (χ0n) is 15.1. The van der Waals surface area contributed by atoms with Gasteiger partial charge in [-0.05, 0) is 23.1 Å². The second-order valence-corrected chi connectivity index (χ2v) is 7.55. The molecule has 4 nitrogen and oxygen atoms in total. The molecule has 0 N–H and O–H groups in total. The first-order valence-electron chi connectivity index (χ1n) is 9.05. The van der Waals surface area contributed by atoms with Gasteiger partial charge in [0.05, 0.1) is 17.1 Å². The number of oxime groups is 1.